The first-order valence-electron chi connectivity index (χ1n) is 5.72. The van der Waals surface area contributed by atoms with Gasteiger partial charge in [0.1, 0.15) is 5.75 Å². The maximum atomic E-state index is 12.0. The molecule has 0 N–H and O–H groups in total. The fraction of sp³-hybridized carbons (Fsp3) is 0.462. The highest BCUT2D eigenvalue weighted by Gasteiger charge is 2.30. The zero-order chi connectivity index (χ0) is 13.3. The van der Waals surface area contributed by atoms with Crippen molar-refractivity contribution in [3.05, 3.63) is 22.7 Å². The molecule has 0 atom stereocenters. The van der Waals surface area contributed by atoms with Gasteiger partial charge in [0, 0.05) is 16.3 Å². The van der Waals surface area contributed by atoms with Crippen LogP contribution in [-0.4, -0.2) is 24.4 Å². The van der Waals surface area contributed by atoms with Crippen molar-refractivity contribution in [1.29, 1.82) is 0 Å². The van der Waals surface area contributed by atoms with Crippen LogP contribution in [0.5, 0.6) is 5.75 Å². The molecule has 0 spiro atoms. The van der Waals surface area contributed by atoms with Crippen molar-refractivity contribution < 1.29 is 9.53 Å². The van der Waals surface area contributed by atoms with E-state index >= 15 is 0 Å². The predicted octanol–water partition coefficient (Wildman–Crippen LogP) is 3.60. The Morgan fingerprint density at radius 3 is 2.83 bits per heavy atom. The number of fused-ring (bicyclic) bond motifs is 1. The number of alkyl halides is 1. The maximum Gasteiger partial charge on any atom is 0.265 e. The molecule has 0 radical (unpaired) electrons. The van der Waals surface area contributed by atoms with Crippen molar-refractivity contribution in [3.63, 3.8) is 0 Å². The molecule has 1 heterocycles. The van der Waals surface area contributed by atoms with E-state index in [4.69, 9.17) is 4.74 Å². The van der Waals surface area contributed by atoms with Crippen molar-refractivity contribution in [2.24, 2.45) is 5.41 Å². The Balaban J connectivity index is 2.36. The van der Waals surface area contributed by atoms with Crippen molar-refractivity contribution in [1.82, 2.24) is 0 Å². The summed E-state index contributed by atoms with van der Waals surface area (Å²) in [5.41, 5.74) is 0.863. The van der Waals surface area contributed by atoms with Crippen LogP contribution in [0, 0.1) is 5.41 Å². The van der Waals surface area contributed by atoms with Gasteiger partial charge in [0.2, 0.25) is 0 Å². The molecule has 0 saturated carbocycles. The summed E-state index contributed by atoms with van der Waals surface area (Å²) >= 11 is 6.93. The molecule has 5 heteroatoms. The van der Waals surface area contributed by atoms with E-state index in [1.54, 1.807) is 0 Å². The summed E-state index contributed by atoms with van der Waals surface area (Å²) < 4.78 is 6.39. The Bertz CT molecular complexity index is 474. The van der Waals surface area contributed by atoms with Gasteiger partial charge in [-0.05, 0) is 23.6 Å². The van der Waals surface area contributed by atoms with E-state index in [9.17, 15) is 4.79 Å². The molecule has 3 nitrogen and oxygen atoms in total. The minimum absolute atomic E-state index is 0.00891. The van der Waals surface area contributed by atoms with Gasteiger partial charge >= 0.3 is 0 Å². The van der Waals surface area contributed by atoms with Crippen LogP contribution < -0.4 is 9.64 Å². The highest BCUT2D eigenvalue weighted by atomic mass is 79.9. The molecular weight excluding hydrogens is 362 g/mol. The lowest BCUT2D eigenvalue weighted by Gasteiger charge is -2.35. The molecule has 0 saturated heterocycles. The zero-order valence-electron chi connectivity index (χ0n) is 10.4. The van der Waals surface area contributed by atoms with E-state index in [1.807, 2.05) is 23.1 Å². The summed E-state index contributed by atoms with van der Waals surface area (Å²) in [7, 11) is 0. The monoisotopic (exact) mass is 375 g/mol. The third kappa shape index (κ3) is 2.88. The third-order valence-corrected chi connectivity index (χ3v) is 4.82. The van der Waals surface area contributed by atoms with Crippen LogP contribution in [0.1, 0.15) is 13.8 Å². The zero-order valence-corrected chi connectivity index (χ0v) is 13.5. The van der Waals surface area contributed by atoms with Crippen LogP contribution in [-0.2, 0) is 4.79 Å². The highest BCUT2D eigenvalue weighted by molar-refractivity contribution is 9.10. The van der Waals surface area contributed by atoms with E-state index in [2.05, 4.69) is 45.7 Å². The molecule has 98 valence electrons. The van der Waals surface area contributed by atoms with Crippen LogP contribution in [0.25, 0.3) is 0 Å². The van der Waals surface area contributed by atoms with E-state index in [0.29, 0.717) is 6.54 Å². The van der Waals surface area contributed by atoms with Crippen molar-refractivity contribution in [2.45, 2.75) is 13.8 Å². The van der Waals surface area contributed by atoms with Gasteiger partial charge in [-0.25, -0.2) is 0 Å². The molecule has 1 aliphatic heterocycles. The molecule has 0 unspecified atom stereocenters. The average molecular weight is 377 g/mol. The van der Waals surface area contributed by atoms with Crippen LogP contribution in [0.4, 0.5) is 5.69 Å². The fourth-order valence-electron chi connectivity index (χ4n) is 1.82. The summed E-state index contributed by atoms with van der Waals surface area (Å²) in [6.07, 6.45) is 0. The Morgan fingerprint density at radius 1 is 1.44 bits per heavy atom. The van der Waals surface area contributed by atoms with Crippen LogP contribution >= 0.6 is 31.9 Å². The molecular formula is C13H15Br2NO2. The second-order valence-corrected chi connectivity index (χ2v) is 6.65. The fourth-order valence-corrected chi connectivity index (χ4v) is 2.35. The first kappa shape index (κ1) is 13.9. The lowest BCUT2D eigenvalue weighted by atomic mass is 9.95. The number of benzene rings is 1. The van der Waals surface area contributed by atoms with Crippen molar-refractivity contribution >= 4 is 43.5 Å². The maximum absolute atomic E-state index is 12.0. The Morgan fingerprint density at radius 2 is 2.17 bits per heavy atom. The minimum atomic E-state index is 0.00891. The van der Waals surface area contributed by atoms with Crippen molar-refractivity contribution in [3.8, 4) is 5.75 Å². The number of halogens is 2. The highest BCUT2D eigenvalue weighted by Crippen LogP contribution is 2.36. The summed E-state index contributed by atoms with van der Waals surface area (Å²) in [5, 5.41) is 0.841. The van der Waals surface area contributed by atoms with Crippen LogP contribution in [0.3, 0.4) is 0 Å². The standard InChI is InChI=1S/C13H15Br2NO2/c1-13(2,7-14)8-16-10-5-9(15)3-4-11(10)18-6-12(16)17/h3-5H,6-8H2,1-2H3. The number of carbonyl (C=O) groups is 1. The lowest BCUT2D eigenvalue weighted by molar-refractivity contribution is -0.121. The van der Waals surface area contributed by atoms with Crippen LogP contribution in [0.2, 0.25) is 0 Å². The number of hydrogen-bond acceptors (Lipinski definition) is 2. The third-order valence-electron chi connectivity index (χ3n) is 2.81. The number of nitrogens with zero attached hydrogens (tertiary/aromatic N) is 1. The van der Waals surface area contributed by atoms with Crippen molar-refractivity contribution in [2.75, 3.05) is 23.4 Å². The summed E-state index contributed by atoms with van der Waals surface area (Å²) in [5.74, 6) is 0.776. The number of hydrogen-bond donors (Lipinski definition) is 0. The van der Waals surface area contributed by atoms with Gasteiger partial charge in [0.25, 0.3) is 5.91 Å². The molecule has 0 aliphatic carbocycles. The van der Waals surface area contributed by atoms with Gasteiger partial charge in [0.15, 0.2) is 6.61 Å². The number of amides is 1. The molecule has 1 aliphatic rings. The average Bonchev–Trinajstić information content (AvgIpc) is 2.33. The molecule has 2 rings (SSSR count). The molecule has 0 aromatic heterocycles. The smallest absolute Gasteiger partial charge is 0.265 e. The van der Waals surface area contributed by atoms with Gasteiger partial charge in [-0.3, -0.25) is 4.79 Å². The van der Waals surface area contributed by atoms with E-state index in [0.717, 1.165) is 21.2 Å². The number of anilines is 1. The molecule has 1 aromatic carbocycles. The largest absolute Gasteiger partial charge is 0.482 e. The molecule has 0 fully saturated rings. The van der Waals surface area contributed by atoms with Gasteiger partial charge in [0.05, 0.1) is 5.69 Å². The molecule has 1 amide bonds. The lowest BCUT2D eigenvalue weighted by Crippen LogP contribution is -2.44. The molecule has 1 aromatic rings. The first-order valence-corrected chi connectivity index (χ1v) is 7.63. The van der Waals surface area contributed by atoms with Gasteiger partial charge < -0.3 is 9.64 Å². The number of ether oxygens (including phenoxy) is 1. The normalized spacial score (nSPS) is 15.3. The predicted molar refractivity (Wildman–Crippen MR) is 79.6 cm³/mol. The first-order chi connectivity index (χ1) is 8.43. The second-order valence-electron chi connectivity index (χ2n) is 5.18. The van der Waals surface area contributed by atoms with E-state index in [1.165, 1.54) is 0 Å². The number of rotatable bonds is 3. The van der Waals surface area contributed by atoms with Gasteiger partial charge in [-0.15, -0.1) is 0 Å². The Kier molecular flexibility index (Phi) is 4.02. The SMILES string of the molecule is CC(C)(CBr)CN1C(=O)COc2ccc(Br)cc21. The summed E-state index contributed by atoms with van der Waals surface area (Å²) in [6, 6.07) is 5.74. The second kappa shape index (κ2) is 5.21. The van der Waals surface area contributed by atoms with Gasteiger partial charge in [-0.1, -0.05) is 45.7 Å². The quantitative estimate of drug-likeness (QED) is 0.754. The molecule has 18 heavy (non-hydrogen) atoms. The van der Waals surface area contributed by atoms with Crippen LogP contribution in [0.15, 0.2) is 22.7 Å². The Labute approximate surface area is 124 Å². The summed E-state index contributed by atoms with van der Waals surface area (Å²) in [6.45, 7) is 5.04. The topological polar surface area (TPSA) is 29.5 Å². The Hall–Kier alpha value is -0.550. The van der Waals surface area contributed by atoms with E-state index < -0.39 is 0 Å². The van der Waals surface area contributed by atoms with Gasteiger partial charge in [-0.2, -0.15) is 0 Å². The van der Waals surface area contributed by atoms with E-state index in [-0.39, 0.29) is 17.9 Å². The minimum Gasteiger partial charge on any atom is -0.482 e. The molecule has 0 bridgehead atoms. The summed E-state index contributed by atoms with van der Waals surface area (Å²) in [4.78, 5) is 13.8. The number of carbonyl (C=O) groups excluding carboxylic acids is 1.